The van der Waals surface area contributed by atoms with Crippen molar-refractivity contribution in [2.75, 3.05) is 85.1 Å². The zero-order chi connectivity index (χ0) is 72.7. The number of carboxylic acids is 8. The Morgan fingerprint density at radius 2 is 0.827 bits per heavy atom. The van der Waals surface area contributed by atoms with E-state index in [0.717, 1.165) is 0 Å². The number of carbonyl (C=O) groups excluding carboxylic acids is 6. The summed E-state index contributed by atoms with van der Waals surface area (Å²) in [6, 6.07) is 3.22. The average Bonchev–Trinajstić information content (AvgIpc) is 0.861. The van der Waals surface area contributed by atoms with Crippen LogP contribution in [0.3, 0.4) is 0 Å². The van der Waals surface area contributed by atoms with Gasteiger partial charge in [0.05, 0.1) is 23.2 Å². The molecule has 0 aliphatic carbocycles. The Balaban J connectivity index is 1.58. The highest BCUT2D eigenvalue weighted by Gasteiger charge is 2.33. The van der Waals surface area contributed by atoms with E-state index in [-0.39, 0.29) is 141 Å². The largest absolute Gasteiger partial charge is 0.507 e. The molecular formula is C63H92IN11O23. The lowest BCUT2D eigenvalue weighted by atomic mass is 10.0. The Morgan fingerprint density at radius 3 is 1.27 bits per heavy atom. The van der Waals surface area contributed by atoms with Crippen molar-refractivity contribution in [3.63, 3.8) is 0 Å². The summed E-state index contributed by atoms with van der Waals surface area (Å²) in [7, 11) is 0. The molecule has 3 rings (SSSR count). The van der Waals surface area contributed by atoms with E-state index in [1.807, 2.05) is 22.6 Å². The van der Waals surface area contributed by atoms with E-state index in [9.17, 15) is 108 Å². The quantitative estimate of drug-likeness (QED) is 0.0307. The second-order valence-corrected chi connectivity index (χ2v) is 24.8. The number of nitrogens with one attached hydrogen (secondary N) is 7. The van der Waals surface area contributed by atoms with Gasteiger partial charge in [0.1, 0.15) is 42.0 Å². The van der Waals surface area contributed by atoms with Gasteiger partial charge in [-0.15, -0.1) is 0 Å². The van der Waals surface area contributed by atoms with Crippen LogP contribution in [-0.4, -0.2) is 270 Å². The molecule has 0 radical (unpaired) electrons. The zero-order valence-electron chi connectivity index (χ0n) is 54.4. The number of phenols is 1. The second kappa shape index (κ2) is 45.6. The molecule has 34 nitrogen and oxygen atoms in total. The summed E-state index contributed by atoms with van der Waals surface area (Å²) in [5.41, 5.74) is 1.03. The van der Waals surface area contributed by atoms with Crippen LogP contribution in [0.15, 0.2) is 48.5 Å². The monoisotopic (exact) mass is 1500 g/mol. The first-order valence-corrected chi connectivity index (χ1v) is 33.3. The fourth-order valence-corrected chi connectivity index (χ4v) is 11.1. The standard InChI is InChI=1S/C63H92IN11O23/c64-42-34-41(18-21-49(42)76)36-46(67-52(79)22-20-48(62(96)97)75-32-30-73(38-55(84)85)28-26-72(37-54(82)83)27-29-74(31-33-75)39-56(86)87)57(88)69-47(35-40-12-4-3-5-13-40)58(89)68-43(59(90)91)14-8-10-24-65-50(77)16-6-1-2-7-17-51(78)66-25-11-9-15-44(60(92)93)70-63(98)71-45(61(94)95)19-23-53(80)81/h3-5,12-13,18,21,34,43-48,76H,1-2,6-11,14-17,19-20,22-33,35-39H2,(H,65,77)(H,66,78)(H,67,79)(H,68,89)(H,69,88)(H,80,81)(H,82,83)(H,84,85)(H,86,87)(H,90,91)(H,92,93)(H,94,95)(H,96,97)(H2,70,71,98)/t43-,44+,45+,46-,47-,48+/m1/s1. The molecular weight excluding hydrogens is 1410 g/mol. The molecule has 7 amide bonds. The number of amides is 7. The molecule has 0 bridgehead atoms. The third kappa shape index (κ3) is 35.4. The molecule has 1 fully saturated rings. The van der Waals surface area contributed by atoms with Crippen molar-refractivity contribution in [1.29, 1.82) is 0 Å². The minimum Gasteiger partial charge on any atom is -0.507 e. The van der Waals surface area contributed by atoms with Crippen molar-refractivity contribution >= 4 is 106 Å². The zero-order valence-corrected chi connectivity index (χ0v) is 56.6. The van der Waals surface area contributed by atoms with Crippen LogP contribution >= 0.6 is 22.6 Å². The first kappa shape index (κ1) is 83.4. The van der Waals surface area contributed by atoms with Crippen LogP contribution in [0, 0.1) is 3.57 Å². The van der Waals surface area contributed by atoms with Gasteiger partial charge in [0.15, 0.2) is 0 Å². The summed E-state index contributed by atoms with van der Waals surface area (Å²) in [6.07, 6.45) is 1.73. The molecule has 1 saturated heterocycles. The van der Waals surface area contributed by atoms with Gasteiger partial charge in [-0.1, -0.05) is 49.2 Å². The normalized spacial score (nSPS) is 15.3. The maximum Gasteiger partial charge on any atom is 0.326 e. The first-order chi connectivity index (χ1) is 46.5. The molecule has 2 aromatic rings. The van der Waals surface area contributed by atoms with Crippen molar-refractivity contribution in [3.05, 3.63) is 63.2 Å². The number of unbranched alkanes of at least 4 members (excludes halogenated alkanes) is 5. The number of carbonyl (C=O) groups is 14. The van der Waals surface area contributed by atoms with Crippen molar-refractivity contribution < 1.29 is 113 Å². The van der Waals surface area contributed by atoms with Crippen molar-refractivity contribution in [2.45, 2.75) is 152 Å². The van der Waals surface area contributed by atoms with Crippen LogP contribution in [0.1, 0.15) is 114 Å². The van der Waals surface area contributed by atoms with E-state index in [2.05, 4.69) is 37.2 Å². The molecule has 0 unspecified atom stereocenters. The van der Waals surface area contributed by atoms with Crippen LogP contribution in [0.4, 0.5) is 4.79 Å². The van der Waals surface area contributed by atoms with Crippen LogP contribution in [0.5, 0.6) is 5.75 Å². The van der Waals surface area contributed by atoms with Gasteiger partial charge >= 0.3 is 53.8 Å². The average molecular weight is 1500 g/mol. The molecule has 1 aliphatic rings. The molecule has 0 saturated carbocycles. The number of aliphatic carboxylic acids is 8. The number of nitrogens with zero attached hydrogens (tertiary/aromatic N) is 4. The number of aromatic hydroxyl groups is 1. The lowest BCUT2D eigenvalue weighted by molar-refractivity contribution is -0.145. The lowest BCUT2D eigenvalue weighted by Gasteiger charge is -2.35. The highest BCUT2D eigenvalue weighted by atomic mass is 127. The summed E-state index contributed by atoms with van der Waals surface area (Å²) >= 11 is 1.87. The predicted octanol–water partition coefficient (Wildman–Crippen LogP) is 0.0138. The third-order valence-electron chi connectivity index (χ3n) is 15.8. The smallest absolute Gasteiger partial charge is 0.326 e. The molecule has 16 N–H and O–H groups in total. The molecule has 544 valence electrons. The molecule has 35 heteroatoms. The summed E-state index contributed by atoms with van der Waals surface area (Å²) < 4.78 is 0.401. The Morgan fingerprint density at radius 1 is 0.398 bits per heavy atom. The highest BCUT2D eigenvalue weighted by molar-refractivity contribution is 14.1. The Hall–Kier alpha value is -8.81. The topological polar surface area (TPSA) is 518 Å². The van der Waals surface area contributed by atoms with Crippen LogP contribution < -0.4 is 37.2 Å². The van der Waals surface area contributed by atoms with Gasteiger partial charge in [0.25, 0.3) is 0 Å². The highest BCUT2D eigenvalue weighted by Crippen LogP contribution is 2.22. The predicted molar refractivity (Wildman–Crippen MR) is 355 cm³/mol. The van der Waals surface area contributed by atoms with E-state index in [1.54, 1.807) is 41.3 Å². The van der Waals surface area contributed by atoms with Crippen molar-refractivity contribution in [2.24, 2.45) is 0 Å². The van der Waals surface area contributed by atoms with Gasteiger partial charge in [-0.05, 0) is 110 Å². The van der Waals surface area contributed by atoms with E-state index >= 15 is 0 Å². The van der Waals surface area contributed by atoms with Gasteiger partial charge in [0, 0.05) is 104 Å². The minimum absolute atomic E-state index is 0.00521. The maximum atomic E-state index is 14.5. The number of carboxylic acid groups (broad SMARTS) is 8. The molecule has 0 aromatic heterocycles. The molecule has 1 heterocycles. The summed E-state index contributed by atoms with van der Waals surface area (Å²) in [4.78, 5) is 181. The molecule has 98 heavy (non-hydrogen) atoms. The van der Waals surface area contributed by atoms with Gasteiger partial charge in [-0.2, -0.15) is 0 Å². The molecule has 0 spiro atoms. The molecule has 1 aliphatic heterocycles. The number of benzene rings is 2. The fourth-order valence-electron chi connectivity index (χ4n) is 10.5. The molecule has 2 aromatic carbocycles. The van der Waals surface area contributed by atoms with E-state index in [1.165, 1.54) is 26.8 Å². The summed E-state index contributed by atoms with van der Waals surface area (Å²) in [6.45, 7) is -0.677. The van der Waals surface area contributed by atoms with Crippen LogP contribution in [0.2, 0.25) is 0 Å². The lowest BCUT2D eigenvalue weighted by Crippen LogP contribution is -2.57. The number of hydrogen-bond donors (Lipinski definition) is 16. The van der Waals surface area contributed by atoms with Crippen molar-refractivity contribution in [1.82, 2.24) is 56.8 Å². The third-order valence-corrected chi connectivity index (χ3v) is 16.7. The van der Waals surface area contributed by atoms with Gasteiger partial charge in [-0.3, -0.25) is 67.5 Å². The Kier molecular flexibility index (Phi) is 38.9. The maximum absolute atomic E-state index is 14.5. The first-order valence-electron chi connectivity index (χ1n) is 32.2. The van der Waals surface area contributed by atoms with Crippen LogP contribution in [-0.2, 0) is 75.2 Å². The van der Waals surface area contributed by atoms with Gasteiger partial charge < -0.3 is 83.2 Å². The van der Waals surface area contributed by atoms with E-state index in [4.69, 9.17) is 5.11 Å². The minimum atomic E-state index is -1.54. The number of urea groups is 1. The SMILES string of the molecule is O=C(O)CC[C@H](NC(=O)N[C@@H](CCCCNC(=O)CCCCCCC(=O)NCCCC[C@@H](NC(=O)[C@@H](Cc1ccccc1)NC(=O)[C@@H](Cc1ccc(O)c(I)c1)NC(=O)CC[C@@H](C(=O)O)N1CCN(CC(=O)O)CCN(CC(=O)O)CCN(CC(=O)O)CC1)C(=O)O)C(=O)O)C(=O)O. The number of hydrogen-bond acceptors (Lipinski definition) is 19. The Bertz CT molecular complexity index is 2970. The Labute approximate surface area is 579 Å². The van der Waals surface area contributed by atoms with E-state index in [0.29, 0.717) is 53.2 Å². The van der Waals surface area contributed by atoms with E-state index < -0.39 is 147 Å². The molecule has 6 atom stereocenters. The second-order valence-electron chi connectivity index (χ2n) is 23.6. The number of halogens is 1. The van der Waals surface area contributed by atoms with Crippen LogP contribution in [0.25, 0.3) is 0 Å². The fraction of sp³-hybridized carbons (Fsp3) is 0.587. The summed E-state index contributed by atoms with van der Waals surface area (Å²) in [5, 5.41) is 105. The summed E-state index contributed by atoms with van der Waals surface area (Å²) in [5.74, 6) is -13.5. The number of rotatable bonds is 45. The van der Waals surface area contributed by atoms with Gasteiger partial charge in [0.2, 0.25) is 29.5 Å². The van der Waals surface area contributed by atoms with Gasteiger partial charge in [-0.25, -0.2) is 19.2 Å². The number of phenolic OH excluding ortho intramolecular Hbond substituents is 1. The van der Waals surface area contributed by atoms with Crippen molar-refractivity contribution in [3.8, 4) is 5.75 Å².